The summed E-state index contributed by atoms with van der Waals surface area (Å²) in [5, 5.41) is 4.00. The highest BCUT2D eigenvalue weighted by atomic mass is 79.9. The highest BCUT2D eigenvalue weighted by molar-refractivity contribution is 9.11. The van der Waals surface area contributed by atoms with Crippen LogP contribution in [0, 0.1) is 0 Å². The molecule has 1 aromatic heterocycles. The summed E-state index contributed by atoms with van der Waals surface area (Å²) in [6, 6.07) is 2.06. The number of hydrogen-bond acceptors (Lipinski definition) is 2. The van der Waals surface area contributed by atoms with Gasteiger partial charge in [0.1, 0.15) is 0 Å². The van der Waals surface area contributed by atoms with Crippen LogP contribution in [0.1, 0.15) is 25.1 Å². The Morgan fingerprint density at radius 1 is 1.57 bits per heavy atom. The predicted octanol–water partition coefficient (Wildman–Crippen LogP) is 4.05. The molecule has 0 amide bonds. The zero-order chi connectivity index (χ0) is 10.8. The first-order valence-electron chi connectivity index (χ1n) is 4.57. The molecule has 0 unspecified atom stereocenters. The molecule has 0 spiro atoms. The van der Waals surface area contributed by atoms with Gasteiger partial charge < -0.3 is 5.32 Å². The molecule has 0 radical (unpaired) electrons. The molecular weight excluding hydrogens is 282 g/mol. The Kier molecular flexibility index (Phi) is 4.44. The Morgan fingerprint density at radius 3 is 2.64 bits per heavy atom. The summed E-state index contributed by atoms with van der Waals surface area (Å²) in [4.78, 5) is 1.34. The average molecular weight is 297 g/mol. The van der Waals surface area contributed by atoms with Crippen molar-refractivity contribution in [1.82, 2.24) is 5.32 Å². The van der Waals surface area contributed by atoms with Gasteiger partial charge in [0.05, 0.1) is 8.81 Å². The van der Waals surface area contributed by atoms with Crippen LogP contribution in [-0.4, -0.2) is 13.6 Å². The third-order valence-corrected chi connectivity index (χ3v) is 5.15. The van der Waals surface area contributed by atoms with Gasteiger partial charge in [-0.2, -0.15) is 0 Å². The Bertz CT molecular complexity index is 290. The quantitative estimate of drug-likeness (QED) is 0.884. The maximum Gasteiger partial charge on any atom is 0.0887 e. The highest BCUT2D eigenvalue weighted by Crippen LogP contribution is 2.39. The van der Waals surface area contributed by atoms with Crippen LogP contribution in [0.25, 0.3) is 0 Å². The monoisotopic (exact) mass is 295 g/mol. The minimum absolute atomic E-state index is 0.198. The zero-order valence-electron chi connectivity index (χ0n) is 8.66. The zero-order valence-corrected chi connectivity index (χ0v) is 11.8. The van der Waals surface area contributed by atoms with Gasteiger partial charge in [-0.15, -0.1) is 11.3 Å². The van der Waals surface area contributed by atoms with Gasteiger partial charge in [-0.05, 0) is 42.0 Å². The maximum atomic E-state index is 6.02. The van der Waals surface area contributed by atoms with Crippen molar-refractivity contribution >= 4 is 38.9 Å². The second-order valence-corrected chi connectivity index (χ2v) is 6.75. The van der Waals surface area contributed by atoms with Crippen LogP contribution in [0.15, 0.2) is 9.85 Å². The van der Waals surface area contributed by atoms with Crippen molar-refractivity contribution < 1.29 is 0 Å². The van der Waals surface area contributed by atoms with Crippen molar-refractivity contribution in [3.05, 3.63) is 19.8 Å². The molecule has 0 aliphatic heterocycles. The summed E-state index contributed by atoms with van der Waals surface area (Å²) in [5.74, 6) is 0. The Labute approximate surface area is 103 Å². The van der Waals surface area contributed by atoms with Crippen molar-refractivity contribution in [2.24, 2.45) is 0 Å². The highest BCUT2D eigenvalue weighted by Gasteiger charge is 2.23. The fourth-order valence-corrected chi connectivity index (χ4v) is 3.07. The fourth-order valence-electron chi connectivity index (χ4n) is 1.24. The van der Waals surface area contributed by atoms with Crippen LogP contribution in [0.2, 0.25) is 5.02 Å². The summed E-state index contributed by atoms with van der Waals surface area (Å²) in [7, 11) is 1.98. The van der Waals surface area contributed by atoms with Crippen LogP contribution in [0.3, 0.4) is 0 Å². The van der Waals surface area contributed by atoms with E-state index in [4.69, 9.17) is 11.6 Å². The van der Waals surface area contributed by atoms with Gasteiger partial charge in [0.25, 0.3) is 0 Å². The number of rotatable bonds is 4. The van der Waals surface area contributed by atoms with Gasteiger partial charge in [0.2, 0.25) is 0 Å². The summed E-state index contributed by atoms with van der Waals surface area (Å²) in [6.07, 6.45) is 1.12. The van der Waals surface area contributed by atoms with Crippen LogP contribution < -0.4 is 5.32 Å². The normalized spacial score (nSPS) is 12.1. The lowest BCUT2D eigenvalue weighted by atomic mass is 9.88. The Morgan fingerprint density at radius 2 is 2.21 bits per heavy atom. The summed E-state index contributed by atoms with van der Waals surface area (Å²) >= 11 is 11.2. The number of thiophene rings is 1. The molecule has 0 saturated carbocycles. The predicted molar refractivity (Wildman–Crippen MR) is 68.6 cm³/mol. The van der Waals surface area contributed by atoms with E-state index in [0.29, 0.717) is 0 Å². The molecule has 1 rings (SSSR count). The van der Waals surface area contributed by atoms with E-state index in [1.807, 2.05) is 7.05 Å². The maximum absolute atomic E-state index is 6.02. The van der Waals surface area contributed by atoms with E-state index in [-0.39, 0.29) is 5.41 Å². The molecule has 80 valence electrons. The largest absolute Gasteiger partial charge is 0.320 e. The third-order valence-electron chi connectivity index (χ3n) is 2.31. The van der Waals surface area contributed by atoms with Crippen molar-refractivity contribution in [2.75, 3.05) is 13.6 Å². The molecular formula is C10H15BrClNS. The van der Waals surface area contributed by atoms with E-state index in [1.54, 1.807) is 11.3 Å². The topological polar surface area (TPSA) is 12.0 Å². The lowest BCUT2D eigenvalue weighted by Crippen LogP contribution is -2.22. The minimum Gasteiger partial charge on any atom is -0.320 e. The van der Waals surface area contributed by atoms with E-state index in [0.717, 1.165) is 21.8 Å². The van der Waals surface area contributed by atoms with Crippen molar-refractivity contribution in [1.29, 1.82) is 0 Å². The molecule has 0 aliphatic rings. The first-order chi connectivity index (χ1) is 6.47. The third kappa shape index (κ3) is 2.96. The van der Waals surface area contributed by atoms with Gasteiger partial charge in [-0.3, -0.25) is 0 Å². The molecule has 1 N–H and O–H groups in total. The Balaban J connectivity index is 2.80. The van der Waals surface area contributed by atoms with Gasteiger partial charge in [-0.1, -0.05) is 25.4 Å². The standard InChI is InChI=1S/C10H15BrClNS/c1-10(2,4-5-13-3)8-6-7(12)9(11)14-8/h6,13H,4-5H2,1-3H3. The van der Waals surface area contributed by atoms with Crippen LogP contribution in [0.5, 0.6) is 0 Å². The number of nitrogens with one attached hydrogen (secondary N) is 1. The molecule has 0 fully saturated rings. The van der Waals surface area contributed by atoms with Gasteiger partial charge in [0, 0.05) is 10.3 Å². The van der Waals surface area contributed by atoms with Crippen molar-refractivity contribution in [3.63, 3.8) is 0 Å². The van der Waals surface area contributed by atoms with Crippen LogP contribution in [0.4, 0.5) is 0 Å². The molecule has 0 bridgehead atoms. The van der Waals surface area contributed by atoms with E-state index in [2.05, 4.69) is 41.2 Å². The van der Waals surface area contributed by atoms with Gasteiger partial charge in [-0.25, -0.2) is 0 Å². The molecule has 1 heterocycles. The second kappa shape index (κ2) is 4.97. The second-order valence-electron chi connectivity index (χ2n) is 3.97. The van der Waals surface area contributed by atoms with Gasteiger partial charge in [0.15, 0.2) is 0 Å². The van der Waals surface area contributed by atoms with E-state index < -0.39 is 0 Å². The van der Waals surface area contributed by atoms with Crippen molar-refractivity contribution in [3.8, 4) is 0 Å². The lowest BCUT2D eigenvalue weighted by molar-refractivity contribution is 0.477. The molecule has 0 aliphatic carbocycles. The van der Waals surface area contributed by atoms with E-state index >= 15 is 0 Å². The van der Waals surface area contributed by atoms with Crippen LogP contribution >= 0.6 is 38.9 Å². The first-order valence-corrected chi connectivity index (χ1v) is 6.56. The molecule has 0 atom stereocenters. The molecule has 1 nitrogen and oxygen atoms in total. The smallest absolute Gasteiger partial charge is 0.0887 e. The molecule has 14 heavy (non-hydrogen) atoms. The summed E-state index contributed by atoms with van der Waals surface area (Å²) < 4.78 is 1.03. The van der Waals surface area contributed by atoms with Crippen LogP contribution in [-0.2, 0) is 5.41 Å². The van der Waals surface area contributed by atoms with E-state index in [9.17, 15) is 0 Å². The average Bonchev–Trinajstić information content (AvgIpc) is 2.45. The fraction of sp³-hybridized carbons (Fsp3) is 0.600. The lowest BCUT2D eigenvalue weighted by Gasteiger charge is -2.22. The van der Waals surface area contributed by atoms with E-state index in [1.165, 1.54) is 4.88 Å². The number of halogens is 2. The van der Waals surface area contributed by atoms with Gasteiger partial charge >= 0.3 is 0 Å². The molecule has 1 aromatic rings. The first kappa shape index (κ1) is 12.5. The molecule has 0 saturated heterocycles. The summed E-state index contributed by atoms with van der Waals surface area (Å²) in [5.41, 5.74) is 0.198. The van der Waals surface area contributed by atoms with Crippen molar-refractivity contribution in [2.45, 2.75) is 25.7 Å². The Hall–Kier alpha value is 0.430. The summed E-state index contributed by atoms with van der Waals surface area (Å²) in [6.45, 7) is 5.53. The SMILES string of the molecule is CNCCC(C)(C)c1cc(Cl)c(Br)s1. The number of hydrogen-bond donors (Lipinski definition) is 1. The minimum atomic E-state index is 0.198. The molecule has 4 heteroatoms. The molecule has 0 aromatic carbocycles.